The van der Waals surface area contributed by atoms with Crippen molar-refractivity contribution < 1.29 is 21.9 Å². The van der Waals surface area contributed by atoms with E-state index in [-0.39, 0.29) is 6.61 Å². The number of hydrogen-bond acceptors (Lipinski definition) is 7. The number of nitrogens with zero attached hydrogens (tertiary/aromatic N) is 2. The fraction of sp³-hybridized carbons (Fsp3) is 0.520. The van der Waals surface area contributed by atoms with Crippen molar-refractivity contribution in [3.05, 3.63) is 53.5 Å². The molecule has 2 aromatic carbocycles. The highest BCUT2D eigenvalue weighted by atomic mass is 32.3. The van der Waals surface area contributed by atoms with Gasteiger partial charge in [-0.25, -0.2) is 8.42 Å². The van der Waals surface area contributed by atoms with E-state index in [1.54, 1.807) is 12.1 Å². The summed E-state index contributed by atoms with van der Waals surface area (Å²) in [6, 6.07) is 15.1. The van der Waals surface area contributed by atoms with E-state index in [4.69, 9.17) is 10.1 Å². The molecule has 2 aromatic rings. The quantitative estimate of drug-likeness (QED) is 0.120. The van der Waals surface area contributed by atoms with E-state index in [1.807, 2.05) is 36.4 Å². The smallest absolute Gasteiger partial charge is 0.426 e. The number of rotatable bonds is 15. The topological polar surface area (TPSA) is 116 Å². The Morgan fingerprint density at radius 1 is 0.882 bits per heavy atom. The summed E-state index contributed by atoms with van der Waals surface area (Å²) in [4.78, 5) is 3.14. The molecule has 0 aliphatic rings. The lowest BCUT2D eigenvalue weighted by atomic mass is 10.1. The highest BCUT2D eigenvalue weighted by molar-refractivity contribution is 7.80. The van der Waals surface area contributed by atoms with Gasteiger partial charge in [-0.2, -0.15) is 0 Å². The van der Waals surface area contributed by atoms with Crippen molar-refractivity contribution in [2.75, 3.05) is 19.0 Å². The van der Waals surface area contributed by atoms with Gasteiger partial charge in [0.2, 0.25) is 21.5 Å². The SMILES string of the molecule is CCCCCCCCCCCCOS(=O)(=O)[O-].COc1cc(Nc2ccccc2)ccc1[N+]#N. The van der Waals surface area contributed by atoms with Crippen molar-refractivity contribution in [2.45, 2.75) is 71.1 Å². The zero-order chi connectivity index (χ0) is 25.1. The Hall–Kier alpha value is -2.67. The first-order valence-electron chi connectivity index (χ1n) is 11.8. The van der Waals surface area contributed by atoms with Gasteiger partial charge >= 0.3 is 5.69 Å². The largest absolute Gasteiger partial charge is 0.726 e. The molecular formula is C25H37N3O5S. The third-order valence-electron chi connectivity index (χ3n) is 5.08. The van der Waals surface area contributed by atoms with Crippen LogP contribution in [0.25, 0.3) is 4.98 Å². The number of unbranched alkanes of at least 4 members (excludes halogenated alkanes) is 9. The molecule has 0 aliphatic heterocycles. The third kappa shape index (κ3) is 14.5. The second kappa shape index (κ2) is 17.8. The van der Waals surface area contributed by atoms with Crippen LogP contribution in [0.3, 0.4) is 0 Å². The highest BCUT2D eigenvalue weighted by Gasteiger charge is 2.14. The number of anilines is 2. The Labute approximate surface area is 204 Å². The number of diazo groups is 1. The summed E-state index contributed by atoms with van der Waals surface area (Å²) in [5.41, 5.74) is 2.27. The molecule has 9 heteroatoms. The van der Waals surface area contributed by atoms with Crippen LogP contribution in [0.1, 0.15) is 71.1 Å². The molecule has 0 unspecified atom stereocenters. The van der Waals surface area contributed by atoms with Crippen LogP contribution in [0.15, 0.2) is 48.5 Å². The first-order chi connectivity index (χ1) is 16.4. The van der Waals surface area contributed by atoms with Gasteiger partial charge in [-0.15, -0.1) is 0 Å². The molecule has 0 spiro atoms. The number of ether oxygens (including phenoxy) is 1. The summed E-state index contributed by atoms with van der Waals surface area (Å²) >= 11 is 0. The highest BCUT2D eigenvalue weighted by Crippen LogP contribution is 2.31. The molecule has 0 atom stereocenters. The summed E-state index contributed by atoms with van der Waals surface area (Å²) in [7, 11) is -2.95. The molecule has 34 heavy (non-hydrogen) atoms. The molecule has 8 nitrogen and oxygen atoms in total. The van der Waals surface area contributed by atoms with E-state index in [2.05, 4.69) is 21.4 Å². The molecule has 0 saturated carbocycles. The third-order valence-corrected chi connectivity index (χ3v) is 5.53. The Kier molecular flexibility index (Phi) is 15.3. The molecule has 0 aliphatic carbocycles. The minimum Gasteiger partial charge on any atom is -0.726 e. The summed E-state index contributed by atoms with van der Waals surface area (Å²) in [6.07, 6.45) is 11.7. The second-order valence-corrected chi connectivity index (χ2v) is 8.94. The van der Waals surface area contributed by atoms with E-state index in [0.717, 1.165) is 24.2 Å². The normalized spacial score (nSPS) is 10.6. The van der Waals surface area contributed by atoms with Gasteiger partial charge in [-0.05, 0) is 24.6 Å². The molecular weight excluding hydrogens is 454 g/mol. The lowest BCUT2D eigenvalue weighted by molar-refractivity contribution is 0.255. The van der Waals surface area contributed by atoms with Crippen LogP contribution in [0, 0.1) is 5.39 Å². The van der Waals surface area contributed by atoms with Gasteiger partial charge < -0.3 is 14.6 Å². The lowest BCUT2D eigenvalue weighted by Gasteiger charge is -2.06. The maximum absolute atomic E-state index is 10.1. The van der Waals surface area contributed by atoms with Gasteiger partial charge in [0.25, 0.3) is 0 Å². The van der Waals surface area contributed by atoms with Crippen LogP contribution in [-0.4, -0.2) is 26.7 Å². The summed E-state index contributed by atoms with van der Waals surface area (Å²) in [5, 5.41) is 12.0. The van der Waals surface area contributed by atoms with Gasteiger partial charge in [0.05, 0.1) is 13.7 Å². The minimum absolute atomic E-state index is 0.0301. The Morgan fingerprint density at radius 3 is 2.00 bits per heavy atom. The summed E-state index contributed by atoms with van der Waals surface area (Å²) in [5.74, 6) is 0.522. The van der Waals surface area contributed by atoms with Gasteiger partial charge in [-0.3, -0.25) is 4.18 Å². The fourth-order valence-electron chi connectivity index (χ4n) is 3.28. The molecule has 0 fully saturated rings. The van der Waals surface area contributed by atoms with Crippen molar-refractivity contribution in [3.8, 4) is 5.75 Å². The van der Waals surface area contributed by atoms with Crippen molar-refractivity contribution in [1.82, 2.24) is 0 Å². The average molecular weight is 492 g/mol. The Bertz CT molecular complexity index is 947. The zero-order valence-corrected chi connectivity index (χ0v) is 21.1. The Balaban J connectivity index is 0.000000340. The Morgan fingerprint density at radius 2 is 1.47 bits per heavy atom. The van der Waals surface area contributed by atoms with Crippen molar-refractivity contribution in [3.63, 3.8) is 0 Å². The predicted octanol–water partition coefficient (Wildman–Crippen LogP) is 7.31. The molecule has 0 aromatic heterocycles. The van der Waals surface area contributed by atoms with Crippen LogP contribution in [0.4, 0.5) is 17.1 Å². The van der Waals surface area contributed by atoms with Crippen molar-refractivity contribution in [1.29, 1.82) is 5.39 Å². The monoisotopic (exact) mass is 491 g/mol. The van der Waals surface area contributed by atoms with Gasteiger partial charge in [0.1, 0.15) is 0 Å². The molecule has 188 valence electrons. The number of hydrogen-bond donors (Lipinski definition) is 1. The zero-order valence-electron chi connectivity index (χ0n) is 20.2. The van der Waals surface area contributed by atoms with E-state index in [0.29, 0.717) is 17.9 Å². The summed E-state index contributed by atoms with van der Waals surface area (Å²) in [6.45, 7) is 2.24. The minimum atomic E-state index is -4.48. The van der Waals surface area contributed by atoms with Gasteiger partial charge in [0, 0.05) is 23.5 Å². The first-order valence-corrected chi connectivity index (χ1v) is 13.2. The van der Waals surface area contributed by atoms with Crippen molar-refractivity contribution >= 4 is 27.5 Å². The first kappa shape index (κ1) is 29.4. The average Bonchev–Trinajstić information content (AvgIpc) is 2.83. The van der Waals surface area contributed by atoms with Gasteiger partial charge in [-0.1, -0.05) is 82.9 Å². The van der Waals surface area contributed by atoms with E-state index in [1.165, 1.54) is 52.1 Å². The van der Waals surface area contributed by atoms with Crippen LogP contribution in [0.2, 0.25) is 0 Å². The molecule has 0 saturated heterocycles. The van der Waals surface area contributed by atoms with E-state index in [9.17, 15) is 13.0 Å². The molecule has 1 N–H and O–H groups in total. The molecule has 0 radical (unpaired) electrons. The molecule has 0 heterocycles. The number of para-hydroxylation sites is 1. The molecule has 0 bridgehead atoms. The van der Waals surface area contributed by atoms with Crippen LogP contribution >= 0.6 is 0 Å². The van der Waals surface area contributed by atoms with Crippen molar-refractivity contribution in [2.24, 2.45) is 0 Å². The predicted molar refractivity (Wildman–Crippen MR) is 135 cm³/mol. The maximum Gasteiger partial charge on any atom is 0.426 e. The van der Waals surface area contributed by atoms with Crippen LogP contribution in [0.5, 0.6) is 5.75 Å². The second-order valence-electron chi connectivity index (χ2n) is 7.89. The number of methoxy groups -OCH3 is 1. The maximum atomic E-state index is 10.1. The van der Waals surface area contributed by atoms with Crippen LogP contribution < -0.4 is 10.1 Å². The van der Waals surface area contributed by atoms with Crippen LogP contribution in [-0.2, 0) is 14.6 Å². The van der Waals surface area contributed by atoms with E-state index < -0.39 is 10.4 Å². The number of benzene rings is 2. The van der Waals surface area contributed by atoms with Gasteiger partial charge in [0.15, 0.2) is 4.98 Å². The van der Waals surface area contributed by atoms with E-state index >= 15 is 0 Å². The lowest BCUT2D eigenvalue weighted by Crippen LogP contribution is -2.05. The molecule has 2 rings (SSSR count). The fourth-order valence-corrected chi connectivity index (χ4v) is 3.60. The molecule has 0 amide bonds. The number of nitrogens with one attached hydrogen (secondary N) is 1. The standard InChI is InChI=1S/C13H12N3O.C12H26O4S/c1-17-13-9-11(7-8-12(13)16-14)15-10-5-3-2-4-6-10;1-2-3-4-5-6-7-8-9-10-11-12-16-17(13,14)15/h2-9,15H,1H3;2-12H2,1H3,(H,13,14,15)/q+1;/p-1. The summed E-state index contributed by atoms with van der Waals surface area (Å²) < 4.78 is 39.6.